The van der Waals surface area contributed by atoms with Crippen molar-refractivity contribution in [2.75, 3.05) is 16.0 Å². The lowest BCUT2D eigenvalue weighted by molar-refractivity contribution is 0.0991. The van der Waals surface area contributed by atoms with Gasteiger partial charge >= 0.3 is 23.8 Å². The summed E-state index contributed by atoms with van der Waals surface area (Å²) in [7, 11) is 0. The maximum atomic E-state index is 12.4. The highest BCUT2D eigenvalue weighted by Gasteiger charge is 2.17. The summed E-state index contributed by atoms with van der Waals surface area (Å²) in [5, 5.41) is 15.7. The highest BCUT2D eigenvalue weighted by atomic mass is 16.4. The van der Waals surface area contributed by atoms with Crippen LogP contribution in [-0.4, -0.2) is 22.1 Å². The van der Waals surface area contributed by atoms with Gasteiger partial charge in [-0.05, 0) is 73.9 Å². The number of primary amides is 1. The standard InChI is InChI=1S/C22H23N6O3/c23-21(30)25-17-7-4-8-18(13-17)26-22-28-27-20(31-22)19(29)24-16-11-9-15(10-12-16)14-5-2-1-3-6-14/h1,4,7-14H,2-3,5-6H2,(H,24,29)(H,26,28)(H3,23,25,30). The lowest BCUT2D eigenvalue weighted by Gasteiger charge is -2.21. The van der Waals surface area contributed by atoms with E-state index in [4.69, 9.17) is 10.2 Å². The Morgan fingerprint density at radius 1 is 0.935 bits per heavy atom. The van der Waals surface area contributed by atoms with Gasteiger partial charge in [-0.2, -0.15) is 0 Å². The first-order valence-corrected chi connectivity index (χ1v) is 10.1. The zero-order valence-electron chi connectivity index (χ0n) is 16.8. The molecule has 9 heteroatoms. The maximum absolute atomic E-state index is 12.4. The van der Waals surface area contributed by atoms with Crippen molar-refractivity contribution in [3.63, 3.8) is 0 Å². The van der Waals surface area contributed by atoms with Gasteiger partial charge in [0.05, 0.1) is 0 Å². The minimum absolute atomic E-state index is 0.0471. The molecule has 3 aromatic rings. The molecule has 0 saturated heterocycles. The average Bonchev–Trinajstić information content (AvgIpc) is 3.23. The second kappa shape index (κ2) is 9.29. The van der Waals surface area contributed by atoms with Gasteiger partial charge < -0.3 is 26.1 Å². The third-order valence-corrected chi connectivity index (χ3v) is 5.08. The Hall–Kier alpha value is -3.88. The Morgan fingerprint density at radius 3 is 2.42 bits per heavy atom. The van der Waals surface area contributed by atoms with Gasteiger partial charge in [0.1, 0.15) is 0 Å². The van der Waals surface area contributed by atoms with Crippen molar-refractivity contribution < 1.29 is 14.0 Å². The fourth-order valence-corrected chi connectivity index (χ4v) is 3.59. The van der Waals surface area contributed by atoms with Crippen molar-refractivity contribution in [1.29, 1.82) is 0 Å². The molecule has 5 N–H and O–H groups in total. The molecule has 3 amide bonds. The summed E-state index contributed by atoms with van der Waals surface area (Å²) in [6.07, 6.45) is 6.99. The third kappa shape index (κ3) is 5.39. The van der Waals surface area contributed by atoms with Crippen LogP contribution in [0.25, 0.3) is 0 Å². The summed E-state index contributed by atoms with van der Waals surface area (Å²) < 4.78 is 5.40. The average molecular weight is 419 g/mol. The summed E-state index contributed by atoms with van der Waals surface area (Å²) in [5.74, 6) is -0.0819. The number of aromatic nitrogens is 2. The first-order chi connectivity index (χ1) is 15.1. The normalized spacial score (nSPS) is 14.1. The minimum atomic E-state index is -0.667. The van der Waals surface area contributed by atoms with Crippen molar-refractivity contribution in [2.24, 2.45) is 5.73 Å². The molecule has 159 valence electrons. The van der Waals surface area contributed by atoms with Crippen molar-refractivity contribution in [3.8, 4) is 0 Å². The molecule has 0 aliphatic heterocycles. The number of hydrogen-bond acceptors (Lipinski definition) is 6. The zero-order chi connectivity index (χ0) is 21.6. The van der Waals surface area contributed by atoms with Crippen LogP contribution in [0.1, 0.15) is 47.8 Å². The van der Waals surface area contributed by atoms with E-state index in [9.17, 15) is 9.59 Å². The van der Waals surface area contributed by atoms with E-state index in [2.05, 4.69) is 44.7 Å². The van der Waals surface area contributed by atoms with Gasteiger partial charge in [0.15, 0.2) is 0 Å². The molecule has 0 unspecified atom stereocenters. The van der Waals surface area contributed by atoms with Gasteiger partial charge in [0.25, 0.3) is 0 Å². The maximum Gasteiger partial charge on any atom is 0.320 e. The van der Waals surface area contributed by atoms with Crippen LogP contribution in [0.4, 0.5) is 27.9 Å². The van der Waals surface area contributed by atoms with Gasteiger partial charge in [-0.15, -0.1) is 5.10 Å². The van der Waals surface area contributed by atoms with Gasteiger partial charge in [0.2, 0.25) is 0 Å². The number of benzene rings is 2. The molecule has 1 fully saturated rings. The second-order valence-electron chi connectivity index (χ2n) is 7.32. The lowest BCUT2D eigenvalue weighted by atomic mass is 9.84. The molecule has 9 nitrogen and oxygen atoms in total. The van der Waals surface area contributed by atoms with E-state index >= 15 is 0 Å². The summed E-state index contributed by atoms with van der Waals surface area (Å²) in [5.41, 5.74) is 8.16. The highest BCUT2D eigenvalue weighted by Crippen LogP contribution is 2.32. The van der Waals surface area contributed by atoms with Gasteiger partial charge in [-0.25, -0.2) is 4.79 Å². The van der Waals surface area contributed by atoms with Crippen molar-refractivity contribution >= 4 is 35.0 Å². The molecular formula is C22H23N6O3. The number of hydrogen-bond donors (Lipinski definition) is 4. The Morgan fingerprint density at radius 2 is 1.68 bits per heavy atom. The summed E-state index contributed by atoms with van der Waals surface area (Å²) in [4.78, 5) is 23.4. The molecular weight excluding hydrogens is 396 g/mol. The van der Waals surface area contributed by atoms with Crippen LogP contribution in [0.2, 0.25) is 0 Å². The number of nitrogens with one attached hydrogen (secondary N) is 3. The molecule has 1 radical (unpaired) electrons. The van der Waals surface area contributed by atoms with Crippen molar-refractivity contribution in [2.45, 2.75) is 31.6 Å². The number of nitrogens with two attached hydrogens (primary N) is 1. The molecule has 0 spiro atoms. The zero-order valence-corrected chi connectivity index (χ0v) is 16.8. The van der Waals surface area contributed by atoms with Crippen LogP contribution in [0, 0.1) is 6.42 Å². The van der Waals surface area contributed by atoms with Crippen LogP contribution < -0.4 is 21.7 Å². The summed E-state index contributed by atoms with van der Waals surface area (Å²) in [6.45, 7) is 0. The molecule has 4 rings (SSSR count). The van der Waals surface area contributed by atoms with E-state index < -0.39 is 11.9 Å². The monoisotopic (exact) mass is 419 g/mol. The molecule has 1 aromatic heterocycles. The molecule has 1 saturated carbocycles. The number of amides is 3. The number of nitrogens with zero attached hydrogens (tertiary/aromatic N) is 2. The molecule has 31 heavy (non-hydrogen) atoms. The highest BCUT2D eigenvalue weighted by molar-refractivity contribution is 6.00. The van der Waals surface area contributed by atoms with Gasteiger partial charge in [0, 0.05) is 17.1 Å². The second-order valence-corrected chi connectivity index (χ2v) is 7.32. The quantitative estimate of drug-likeness (QED) is 0.467. The van der Waals surface area contributed by atoms with Crippen molar-refractivity contribution in [1.82, 2.24) is 10.2 Å². The van der Waals surface area contributed by atoms with Crippen LogP contribution in [-0.2, 0) is 0 Å². The summed E-state index contributed by atoms with van der Waals surface area (Å²) >= 11 is 0. The number of carbonyl (C=O) groups is 2. The van der Waals surface area contributed by atoms with Crippen LogP contribution >= 0.6 is 0 Å². The topological polar surface area (TPSA) is 135 Å². The predicted octanol–water partition coefficient (Wildman–Crippen LogP) is 4.42. The van der Waals surface area contributed by atoms with E-state index in [-0.39, 0.29) is 11.9 Å². The minimum Gasteiger partial charge on any atom is -0.399 e. The molecule has 0 bridgehead atoms. The molecule has 1 aliphatic rings. The Bertz CT molecular complexity index is 1060. The molecule has 1 heterocycles. The smallest absolute Gasteiger partial charge is 0.320 e. The van der Waals surface area contributed by atoms with E-state index in [1.807, 2.05) is 12.1 Å². The van der Waals surface area contributed by atoms with Crippen LogP contribution in [0.3, 0.4) is 0 Å². The third-order valence-electron chi connectivity index (χ3n) is 5.08. The van der Waals surface area contributed by atoms with Crippen molar-refractivity contribution in [3.05, 3.63) is 66.4 Å². The Balaban J connectivity index is 1.36. The molecule has 2 aromatic carbocycles. The van der Waals surface area contributed by atoms with Gasteiger partial charge in [-0.3, -0.25) is 4.79 Å². The largest absolute Gasteiger partial charge is 0.399 e. The molecule has 0 atom stereocenters. The fraction of sp³-hybridized carbons (Fsp3) is 0.227. The number of carbonyl (C=O) groups excluding carboxylic acids is 2. The van der Waals surface area contributed by atoms with Crippen LogP contribution in [0.15, 0.2) is 52.9 Å². The lowest BCUT2D eigenvalue weighted by Crippen LogP contribution is -2.19. The number of anilines is 4. The van der Waals surface area contributed by atoms with E-state index in [0.717, 1.165) is 12.8 Å². The first-order valence-electron chi connectivity index (χ1n) is 10.1. The summed E-state index contributed by atoms with van der Waals surface area (Å²) in [6, 6.07) is 14.0. The predicted molar refractivity (Wildman–Crippen MR) is 117 cm³/mol. The first kappa shape index (κ1) is 20.4. The Labute approximate surface area is 179 Å². The van der Waals surface area contributed by atoms with E-state index in [0.29, 0.717) is 23.0 Å². The van der Waals surface area contributed by atoms with Crippen LogP contribution in [0.5, 0.6) is 0 Å². The van der Waals surface area contributed by atoms with E-state index in [1.54, 1.807) is 24.3 Å². The number of rotatable bonds is 6. The van der Waals surface area contributed by atoms with E-state index in [1.165, 1.54) is 18.4 Å². The van der Waals surface area contributed by atoms with Gasteiger partial charge in [-0.1, -0.05) is 23.3 Å². The fourth-order valence-electron chi connectivity index (χ4n) is 3.59. The number of urea groups is 1. The SMILES string of the molecule is NC(=O)Nc1cccc(Nc2nnc(C(=O)Nc3ccc(C4CC[CH]CC4)cc3)o2)c1. The molecule has 1 aliphatic carbocycles. The Kier molecular flexibility index (Phi) is 6.11.